The van der Waals surface area contributed by atoms with Gasteiger partial charge in [-0.1, -0.05) is 59.9 Å². The molecular formula is C18H14N4O2S. The third-order valence-electron chi connectivity index (χ3n) is 3.22. The van der Waals surface area contributed by atoms with Crippen LogP contribution in [0.25, 0.3) is 6.08 Å². The number of amides is 2. The number of hydrogen-bond acceptors (Lipinski definition) is 5. The molecule has 0 aliphatic carbocycles. The van der Waals surface area contributed by atoms with Gasteiger partial charge in [0.05, 0.1) is 0 Å². The lowest BCUT2D eigenvalue weighted by Crippen LogP contribution is -2.30. The molecule has 2 aromatic carbocycles. The lowest BCUT2D eigenvalue weighted by molar-refractivity contribution is -0.113. The first-order chi connectivity index (χ1) is 12.2. The molecule has 0 saturated carbocycles. The fourth-order valence-electron chi connectivity index (χ4n) is 2.05. The van der Waals surface area contributed by atoms with Crippen molar-refractivity contribution in [2.75, 3.05) is 5.32 Å². The monoisotopic (exact) mass is 350 g/mol. The molecule has 0 atom stereocenters. The fourth-order valence-corrected chi connectivity index (χ4v) is 2.49. The number of aromatic nitrogens is 2. The van der Waals surface area contributed by atoms with Crippen LogP contribution >= 0.6 is 11.3 Å². The average Bonchev–Trinajstić information content (AvgIpc) is 3.15. The van der Waals surface area contributed by atoms with Gasteiger partial charge in [0.15, 0.2) is 0 Å². The molecule has 0 unspecified atom stereocenters. The van der Waals surface area contributed by atoms with Gasteiger partial charge in [-0.05, 0) is 23.8 Å². The van der Waals surface area contributed by atoms with E-state index in [2.05, 4.69) is 20.8 Å². The van der Waals surface area contributed by atoms with Crippen LogP contribution in [-0.4, -0.2) is 22.0 Å². The van der Waals surface area contributed by atoms with Gasteiger partial charge in [-0.3, -0.25) is 14.9 Å². The summed E-state index contributed by atoms with van der Waals surface area (Å²) in [4.78, 5) is 24.9. The molecule has 25 heavy (non-hydrogen) atoms. The largest absolute Gasteiger partial charge is 0.317 e. The molecule has 0 aliphatic rings. The van der Waals surface area contributed by atoms with Crippen LogP contribution in [0.3, 0.4) is 0 Å². The topological polar surface area (TPSA) is 84.0 Å². The highest BCUT2D eigenvalue weighted by molar-refractivity contribution is 7.13. The number of benzene rings is 2. The first kappa shape index (κ1) is 16.5. The van der Waals surface area contributed by atoms with Crippen LogP contribution in [0.15, 0.2) is 71.9 Å². The molecule has 0 bridgehead atoms. The van der Waals surface area contributed by atoms with Gasteiger partial charge in [0.2, 0.25) is 5.13 Å². The van der Waals surface area contributed by atoms with Crippen molar-refractivity contribution in [3.05, 3.63) is 83.0 Å². The normalized spacial score (nSPS) is 11.0. The minimum absolute atomic E-state index is 0.121. The molecule has 3 rings (SSSR count). The SMILES string of the molecule is O=C(Nc1nncs1)/C(=C\c1ccccc1)NC(=O)c1ccccc1. The molecule has 3 aromatic rings. The van der Waals surface area contributed by atoms with E-state index < -0.39 is 5.91 Å². The molecule has 7 heteroatoms. The Hall–Kier alpha value is -3.32. The van der Waals surface area contributed by atoms with Crippen LogP contribution in [0.2, 0.25) is 0 Å². The quantitative estimate of drug-likeness (QED) is 0.693. The molecule has 0 radical (unpaired) electrons. The number of carbonyl (C=O) groups excluding carboxylic acids is 2. The summed E-state index contributed by atoms with van der Waals surface area (Å²) < 4.78 is 0. The highest BCUT2D eigenvalue weighted by Crippen LogP contribution is 2.12. The molecule has 0 spiro atoms. The van der Waals surface area contributed by atoms with Crippen molar-refractivity contribution in [1.82, 2.24) is 15.5 Å². The Balaban J connectivity index is 1.85. The average molecular weight is 350 g/mol. The van der Waals surface area contributed by atoms with Gasteiger partial charge in [-0.15, -0.1) is 10.2 Å². The number of carbonyl (C=O) groups is 2. The van der Waals surface area contributed by atoms with E-state index >= 15 is 0 Å². The molecule has 1 aromatic heterocycles. The minimum atomic E-state index is -0.468. The van der Waals surface area contributed by atoms with Crippen molar-refractivity contribution >= 4 is 34.4 Å². The van der Waals surface area contributed by atoms with Crippen LogP contribution < -0.4 is 10.6 Å². The second kappa shape index (κ2) is 7.98. The van der Waals surface area contributed by atoms with Gasteiger partial charge >= 0.3 is 0 Å². The molecule has 124 valence electrons. The lowest BCUT2D eigenvalue weighted by Gasteiger charge is -2.09. The molecule has 2 N–H and O–H groups in total. The van der Waals surface area contributed by atoms with E-state index in [0.717, 1.165) is 5.56 Å². The Labute approximate surface area is 148 Å². The molecular weight excluding hydrogens is 336 g/mol. The zero-order chi connectivity index (χ0) is 17.5. The van der Waals surface area contributed by atoms with Crippen molar-refractivity contribution in [3.8, 4) is 0 Å². The van der Waals surface area contributed by atoms with Crippen LogP contribution in [-0.2, 0) is 4.79 Å². The van der Waals surface area contributed by atoms with Crippen molar-refractivity contribution in [2.45, 2.75) is 0 Å². The van der Waals surface area contributed by atoms with Crippen molar-refractivity contribution < 1.29 is 9.59 Å². The maximum absolute atomic E-state index is 12.5. The molecule has 1 heterocycles. The van der Waals surface area contributed by atoms with E-state index in [0.29, 0.717) is 10.7 Å². The smallest absolute Gasteiger partial charge is 0.274 e. The maximum Gasteiger partial charge on any atom is 0.274 e. The standard InChI is InChI=1S/C18H14N4O2S/c23-16(14-9-5-2-6-10-14)20-15(11-13-7-3-1-4-8-13)17(24)21-18-22-19-12-25-18/h1-12H,(H,20,23)(H,21,22,24)/b15-11+. The number of hydrogen-bond donors (Lipinski definition) is 2. The predicted molar refractivity (Wildman–Crippen MR) is 96.9 cm³/mol. The second-order valence-corrected chi connectivity index (χ2v) is 5.82. The summed E-state index contributed by atoms with van der Waals surface area (Å²) in [5.41, 5.74) is 2.89. The van der Waals surface area contributed by atoms with Gasteiger partial charge in [-0.2, -0.15) is 0 Å². The van der Waals surface area contributed by atoms with E-state index in [1.807, 2.05) is 36.4 Å². The lowest BCUT2D eigenvalue weighted by atomic mass is 10.1. The predicted octanol–water partition coefficient (Wildman–Crippen LogP) is 2.95. The van der Waals surface area contributed by atoms with Gasteiger partial charge in [-0.25, -0.2) is 0 Å². The van der Waals surface area contributed by atoms with Gasteiger partial charge in [0.1, 0.15) is 11.2 Å². The van der Waals surface area contributed by atoms with Crippen LogP contribution in [0.4, 0.5) is 5.13 Å². The van der Waals surface area contributed by atoms with Gasteiger partial charge in [0.25, 0.3) is 11.8 Å². The molecule has 2 amide bonds. The fraction of sp³-hybridized carbons (Fsp3) is 0. The molecule has 0 fully saturated rings. The number of nitrogens with one attached hydrogen (secondary N) is 2. The van der Waals surface area contributed by atoms with E-state index in [4.69, 9.17) is 0 Å². The summed E-state index contributed by atoms with van der Waals surface area (Å²) >= 11 is 1.20. The highest BCUT2D eigenvalue weighted by Gasteiger charge is 2.15. The van der Waals surface area contributed by atoms with Crippen LogP contribution in [0, 0.1) is 0 Å². The van der Waals surface area contributed by atoms with Crippen molar-refractivity contribution in [2.24, 2.45) is 0 Å². The summed E-state index contributed by atoms with van der Waals surface area (Å²) in [6, 6.07) is 18.0. The Morgan fingerprint density at radius 3 is 2.28 bits per heavy atom. The van der Waals surface area contributed by atoms with Crippen LogP contribution in [0.5, 0.6) is 0 Å². The van der Waals surface area contributed by atoms with Gasteiger partial charge in [0, 0.05) is 5.56 Å². The Kier molecular flexibility index (Phi) is 5.28. The maximum atomic E-state index is 12.5. The summed E-state index contributed by atoms with van der Waals surface area (Å²) in [5, 5.41) is 13.1. The number of anilines is 1. The molecule has 0 aliphatic heterocycles. The summed E-state index contributed by atoms with van der Waals surface area (Å²) in [6.07, 6.45) is 1.61. The van der Waals surface area contributed by atoms with E-state index in [1.54, 1.807) is 30.3 Å². The zero-order valence-corrected chi connectivity index (χ0v) is 13.9. The molecule has 0 saturated heterocycles. The van der Waals surface area contributed by atoms with Crippen molar-refractivity contribution in [1.29, 1.82) is 0 Å². The Bertz CT molecular complexity index is 878. The zero-order valence-electron chi connectivity index (χ0n) is 13.0. The number of rotatable bonds is 5. The Morgan fingerprint density at radius 2 is 1.64 bits per heavy atom. The van der Waals surface area contributed by atoms with E-state index in [1.165, 1.54) is 16.8 Å². The van der Waals surface area contributed by atoms with E-state index in [-0.39, 0.29) is 11.6 Å². The highest BCUT2D eigenvalue weighted by atomic mass is 32.1. The third-order valence-corrected chi connectivity index (χ3v) is 3.83. The first-order valence-corrected chi connectivity index (χ1v) is 8.31. The summed E-state index contributed by atoms with van der Waals surface area (Å²) in [5.74, 6) is -0.833. The Morgan fingerprint density at radius 1 is 0.960 bits per heavy atom. The second-order valence-electron chi connectivity index (χ2n) is 4.99. The van der Waals surface area contributed by atoms with E-state index in [9.17, 15) is 9.59 Å². The third kappa shape index (κ3) is 4.58. The summed E-state index contributed by atoms with van der Waals surface area (Å²) in [7, 11) is 0. The van der Waals surface area contributed by atoms with Gasteiger partial charge < -0.3 is 5.32 Å². The van der Waals surface area contributed by atoms with Crippen molar-refractivity contribution in [3.63, 3.8) is 0 Å². The first-order valence-electron chi connectivity index (χ1n) is 7.43. The number of nitrogens with zero attached hydrogens (tertiary/aromatic N) is 2. The summed E-state index contributed by atoms with van der Waals surface area (Å²) in [6.45, 7) is 0. The van der Waals surface area contributed by atoms with Crippen LogP contribution in [0.1, 0.15) is 15.9 Å². The minimum Gasteiger partial charge on any atom is -0.317 e. The molecule has 6 nitrogen and oxygen atoms in total.